The number of aliphatic carboxylic acids is 3. The first kappa shape index (κ1) is 20.1. The lowest BCUT2D eigenvalue weighted by Crippen LogP contribution is -2.46. The minimum absolute atomic E-state index is 0.269. The molecule has 0 unspecified atom stereocenters. The van der Waals surface area contributed by atoms with Crippen LogP contribution >= 0.6 is 0 Å². The smallest absolute Gasteiger partial charge is 0.320 e. The van der Waals surface area contributed by atoms with Gasteiger partial charge in [-0.1, -0.05) is 48.5 Å². The molecule has 156 valence electrons. The summed E-state index contributed by atoms with van der Waals surface area (Å²) in [4.78, 5) is 33.8. The van der Waals surface area contributed by atoms with Crippen LogP contribution in [0.15, 0.2) is 48.5 Å². The molecule has 7 heteroatoms. The van der Waals surface area contributed by atoms with Crippen LogP contribution in [0, 0.1) is 11.8 Å². The first-order chi connectivity index (χ1) is 14.4. The van der Waals surface area contributed by atoms with Crippen LogP contribution in [0.5, 0.6) is 0 Å². The molecule has 4 N–H and O–H groups in total. The normalized spacial score (nSPS) is 27.9. The van der Waals surface area contributed by atoms with E-state index >= 15 is 0 Å². The number of fused-ring (bicyclic) bond motifs is 1. The van der Waals surface area contributed by atoms with Crippen LogP contribution in [0.3, 0.4) is 0 Å². The fraction of sp³-hybridized carbons (Fsp3) is 0.348. The molecule has 3 aliphatic carbocycles. The van der Waals surface area contributed by atoms with Crippen molar-refractivity contribution >= 4 is 17.9 Å². The predicted molar refractivity (Wildman–Crippen MR) is 107 cm³/mol. The molecule has 2 bridgehead atoms. The number of hydrogen-bond donors (Lipinski definition) is 4. The van der Waals surface area contributed by atoms with Crippen molar-refractivity contribution < 1.29 is 29.7 Å². The number of carbonyl (C=O) groups is 3. The largest absolute Gasteiger partial charge is 0.481 e. The topological polar surface area (TPSA) is 124 Å². The van der Waals surface area contributed by atoms with Crippen LogP contribution in [-0.2, 0) is 14.4 Å². The van der Waals surface area contributed by atoms with Crippen molar-refractivity contribution in [1.82, 2.24) is 5.32 Å². The minimum atomic E-state index is -1.04. The molecule has 0 radical (unpaired) electrons. The van der Waals surface area contributed by atoms with Gasteiger partial charge >= 0.3 is 17.9 Å². The van der Waals surface area contributed by atoms with Gasteiger partial charge in [-0.15, -0.1) is 0 Å². The average Bonchev–Trinajstić information content (AvgIpc) is 3.29. The van der Waals surface area contributed by atoms with Crippen molar-refractivity contribution in [2.45, 2.75) is 30.7 Å². The summed E-state index contributed by atoms with van der Waals surface area (Å²) >= 11 is 0. The van der Waals surface area contributed by atoms with E-state index in [0.29, 0.717) is 0 Å². The van der Waals surface area contributed by atoms with Crippen molar-refractivity contribution in [2.75, 3.05) is 6.54 Å². The highest BCUT2D eigenvalue weighted by molar-refractivity contribution is 5.86. The zero-order valence-electron chi connectivity index (χ0n) is 16.2. The molecule has 6 rings (SSSR count). The summed E-state index contributed by atoms with van der Waals surface area (Å²) in [6.45, 7) is 0.858. The fourth-order valence-corrected chi connectivity index (χ4v) is 5.17. The van der Waals surface area contributed by atoms with E-state index in [1.807, 2.05) is 48.5 Å². The van der Waals surface area contributed by atoms with Crippen LogP contribution in [0.25, 0.3) is 0 Å². The predicted octanol–water partition coefficient (Wildman–Crippen LogP) is 2.50. The number of carboxylic acids is 3. The van der Waals surface area contributed by atoms with E-state index in [4.69, 9.17) is 5.11 Å². The maximum absolute atomic E-state index is 11.8. The van der Waals surface area contributed by atoms with Gasteiger partial charge in [0.1, 0.15) is 6.04 Å². The van der Waals surface area contributed by atoms with Crippen molar-refractivity contribution in [3.63, 3.8) is 0 Å². The van der Waals surface area contributed by atoms with E-state index in [0.717, 1.165) is 41.6 Å². The number of rotatable bonds is 3. The lowest BCUT2D eigenvalue weighted by atomic mass is 9.54. The van der Waals surface area contributed by atoms with Crippen molar-refractivity contribution in [2.24, 2.45) is 11.8 Å². The molecule has 7 nitrogen and oxygen atoms in total. The molecule has 0 amide bonds. The molecule has 30 heavy (non-hydrogen) atoms. The standard InChI is InChI=1S/C18H14O4.C5H9NO2/c19-17(20)15-13-9-5-1-2-6-10(9)14(16(15)18(21)22)12-8-4-3-7-11(12)13;7-5(8)4-2-1-3-6-4/h1-8,13-16H,(H,19,20)(H,21,22);4,6H,1-3H2,(H,7,8)/t13?,14?,15-,16-;4-/m00/s1. The highest BCUT2D eigenvalue weighted by atomic mass is 16.4. The molecule has 1 saturated heterocycles. The number of nitrogens with one attached hydrogen (secondary N) is 1. The van der Waals surface area contributed by atoms with Gasteiger partial charge in [0.15, 0.2) is 0 Å². The first-order valence-corrected chi connectivity index (χ1v) is 10.0. The Morgan fingerprint density at radius 2 is 1.10 bits per heavy atom. The second kappa shape index (κ2) is 7.91. The zero-order valence-corrected chi connectivity index (χ0v) is 16.2. The average molecular weight is 409 g/mol. The SMILES string of the molecule is O=C(O)[C@@H]1CCCN1.O=C(O)[C@H]1C2c3ccccc3C(c3ccccc32)[C@@H]1C(=O)O. The minimum Gasteiger partial charge on any atom is -0.481 e. The Bertz CT molecular complexity index is 883. The third-order valence-corrected chi connectivity index (χ3v) is 6.37. The van der Waals surface area contributed by atoms with Crippen molar-refractivity contribution in [1.29, 1.82) is 0 Å². The van der Waals surface area contributed by atoms with Gasteiger partial charge in [0.25, 0.3) is 0 Å². The van der Waals surface area contributed by atoms with Gasteiger partial charge in [0.05, 0.1) is 11.8 Å². The Hall–Kier alpha value is -3.19. The summed E-state index contributed by atoms with van der Waals surface area (Å²) in [5.41, 5.74) is 3.82. The maximum atomic E-state index is 11.8. The van der Waals surface area contributed by atoms with Gasteiger partial charge < -0.3 is 20.6 Å². The third kappa shape index (κ3) is 3.25. The molecule has 0 saturated carbocycles. The second-order valence-electron chi connectivity index (χ2n) is 7.93. The highest BCUT2D eigenvalue weighted by Crippen LogP contribution is 2.58. The Balaban J connectivity index is 0.000000230. The molecule has 2 aromatic carbocycles. The van der Waals surface area contributed by atoms with Crippen molar-refractivity contribution in [3.8, 4) is 0 Å². The lowest BCUT2D eigenvalue weighted by Gasteiger charge is -2.47. The summed E-state index contributed by atoms with van der Waals surface area (Å²) in [5, 5.41) is 30.5. The Morgan fingerprint density at radius 1 is 0.700 bits per heavy atom. The van der Waals surface area contributed by atoms with E-state index < -0.39 is 41.6 Å². The molecule has 2 aromatic rings. The Kier molecular flexibility index (Phi) is 5.30. The summed E-state index contributed by atoms with van der Waals surface area (Å²) in [6, 6.07) is 15.0. The Morgan fingerprint density at radius 3 is 1.33 bits per heavy atom. The molecule has 1 heterocycles. The fourth-order valence-electron chi connectivity index (χ4n) is 5.17. The Labute approximate surface area is 173 Å². The number of hydrogen-bond acceptors (Lipinski definition) is 4. The monoisotopic (exact) mass is 409 g/mol. The maximum Gasteiger partial charge on any atom is 0.320 e. The van der Waals surface area contributed by atoms with Crippen LogP contribution in [-0.4, -0.2) is 45.8 Å². The third-order valence-electron chi connectivity index (χ3n) is 6.37. The van der Waals surface area contributed by atoms with Crippen LogP contribution in [0.4, 0.5) is 0 Å². The molecule has 1 fully saturated rings. The molecule has 1 aliphatic heterocycles. The van der Waals surface area contributed by atoms with E-state index in [-0.39, 0.29) is 6.04 Å². The molecule has 0 spiro atoms. The summed E-state index contributed by atoms with van der Waals surface area (Å²) in [7, 11) is 0. The molecule has 3 atom stereocenters. The van der Waals surface area contributed by atoms with Gasteiger partial charge in [0.2, 0.25) is 0 Å². The van der Waals surface area contributed by atoms with Gasteiger partial charge in [-0.25, -0.2) is 0 Å². The second-order valence-corrected chi connectivity index (χ2v) is 7.93. The van der Waals surface area contributed by atoms with E-state index in [1.54, 1.807) is 0 Å². The van der Waals surface area contributed by atoms with E-state index in [9.17, 15) is 24.6 Å². The number of carboxylic acid groups (broad SMARTS) is 3. The molecular weight excluding hydrogens is 386 g/mol. The molecular formula is C23H23NO6. The van der Waals surface area contributed by atoms with E-state index in [2.05, 4.69) is 5.32 Å². The quantitative estimate of drug-likeness (QED) is 0.614. The summed E-state index contributed by atoms with van der Waals surface area (Å²) in [5.74, 6) is -5.42. The van der Waals surface area contributed by atoms with Gasteiger partial charge in [-0.2, -0.15) is 0 Å². The molecule has 0 aromatic heterocycles. The van der Waals surface area contributed by atoms with Gasteiger partial charge in [0, 0.05) is 11.8 Å². The van der Waals surface area contributed by atoms with Crippen LogP contribution in [0.2, 0.25) is 0 Å². The summed E-state index contributed by atoms with van der Waals surface area (Å²) in [6.07, 6.45) is 1.78. The lowest BCUT2D eigenvalue weighted by molar-refractivity contribution is -0.156. The highest BCUT2D eigenvalue weighted by Gasteiger charge is 2.55. The first-order valence-electron chi connectivity index (χ1n) is 10.0. The van der Waals surface area contributed by atoms with Gasteiger partial charge in [-0.3, -0.25) is 14.4 Å². The van der Waals surface area contributed by atoms with Crippen molar-refractivity contribution in [3.05, 3.63) is 70.8 Å². The summed E-state index contributed by atoms with van der Waals surface area (Å²) < 4.78 is 0. The van der Waals surface area contributed by atoms with Gasteiger partial charge in [-0.05, 0) is 41.6 Å². The molecule has 4 aliphatic rings. The van der Waals surface area contributed by atoms with E-state index in [1.165, 1.54) is 0 Å². The zero-order chi connectivity index (χ0) is 21.4. The number of benzene rings is 2. The van der Waals surface area contributed by atoms with Crippen LogP contribution < -0.4 is 5.32 Å². The van der Waals surface area contributed by atoms with Crippen LogP contribution in [0.1, 0.15) is 46.9 Å².